The lowest BCUT2D eigenvalue weighted by Gasteiger charge is -2.23. The van der Waals surface area contributed by atoms with Crippen molar-refractivity contribution in [1.82, 2.24) is 10.2 Å². The molecule has 0 saturated carbocycles. The van der Waals surface area contributed by atoms with Crippen LogP contribution in [0.2, 0.25) is 0 Å². The second kappa shape index (κ2) is 16.8. The van der Waals surface area contributed by atoms with Gasteiger partial charge >= 0.3 is 12.0 Å². The average Bonchev–Trinajstić information content (AvgIpc) is 2.96. The lowest BCUT2D eigenvalue weighted by atomic mass is 10.1. The maximum absolute atomic E-state index is 14.0. The van der Waals surface area contributed by atoms with E-state index < -0.39 is 29.7 Å². The molecule has 0 aliphatic heterocycles. The summed E-state index contributed by atoms with van der Waals surface area (Å²) in [6.45, 7) is 3.36. The first-order chi connectivity index (χ1) is 19.9. The first-order valence-electron chi connectivity index (χ1n) is 13.6. The third-order valence-corrected chi connectivity index (χ3v) is 6.18. The van der Waals surface area contributed by atoms with Gasteiger partial charge in [-0.05, 0) is 55.7 Å². The monoisotopic (exact) mass is 570 g/mol. The van der Waals surface area contributed by atoms with Crippen LogP contribution in [-0.4, -0.2) is 61.0 Å². The van der Waals surface area contributed by atoms with Crippen LogP contribution in [-0.2, 0) is 22.5 Å². The summed E-state index contributed by atoms with van der Waals surface area (Å²) in [5.74, 6) is -1.07. The van der Waals surface area contributed by atoms with E-state index in [-0.39, 0.29) is 31.7 Å². The summed E-state index contributed by atoms with van der Waals surface area (Å²) in [5.41, 5.74) is 0.978. The summed E-state index contributed by atoms with van der Waals surface area (Å²) in [7, 11) is 0. The highest BCUT2D eigenvalue weighted by molar-refractivity contribution is 5.74. The maximum Gasteiger partial charge on any atom is 0.333 e. The van der Waals surface area contributed by atoms with Crippen LogP contribution in [0.25, 0.3) is 0 Å². The molecule has 0 fully saturated rings. The second-order valence-corrected chi connectivity index (χ2v) is 9.23. The summed E-state index contributed by atoms with van der Waals surface area (Å²) < 4.78 is 44.0. The van der Waals surface area contributed by atoms with Crippen LogP contribution in [0.1, 0.15) is 30.9 Å². The van der Waals surface area contributed by atoms with Crippen LogP contribution in [0.3, 0.4) is 0 Å². The lowest BCUT2D eigenvalue weighted by molar-refractivity contribution is -0.149. The number of unbranched alkanes of at least 4 members (excludes halogenated alkanes) is 1. The Labute approximate surface area is 238 Å². The van der Waals surface area contributed by atoms with Crippen LogP contribution in [0.5, 0.6) is 11.5 Å². The number of hydrogen-bond donors (Lipinski definition) is 2. The molecule has 0 bridgehead atoms. The highest BCUT2D eigenvalue weighted by Gasteiger charge is 2.18. The van der Waals surface area contributed by atoms with Crippen molar-refractivity contribution in [2.75, 3.05) is 32.9 Å². The van der Waals surface area contributed by atoms with E-state index in [2.05, 4.69) is 5.32 Å². The molecule has 1 unspecified atom stereocenters. The Balaban J connectivity index is 1.51. The van der Waals surface area contributed by atoms with Gasteiger partial charge in [0.05, 0.1) is 13.2 Å². The van der Waals surface area contributed by atoms with Gasteiger partial charge in [-0.2, -0.15) is 0 Å². The number of hydrogen-bond acceptors (Lipinski definition) is 5. The van der Waals surface area contributed by atoms with Crippen molar-refractivity contribution in [3.8, 4) is 11.5 Å². The van der Waals surface area contributed by atoms with Crippen LogP contribution in [0, 0.1) is 11.6 Å². The third kappa shape index (κ3) is 11.1. The van der Waals surface area contributed by atoms with Crippen LogP contribution in [0.15, 0.2) is 72.8 Å². The third-order valence-electron chi connectivity index (χ3n) is 6.18. The van der Waals surface area contributed by atoms with E-state index >= 15 is 0 Å². The zero-order valence-electron chi connectivity index (χ0n) is 23.1. The minimum Gasteiger partial charge on any atom is -0.494 e. The molecule has 8 nitrogen and oxygen atoms in total. The van der Waals surface area contributed by atoms with E-state index in [1.165, 1.54) is 6.07 Å². The van der Waals surface area contributed by atoms with E-state index in [0.717, 1.165) is 23.4 Å². The first-order valence-corrected chi connectivity index (χ1v) is 13.6. The maximum atomic E-state index is 14.0. The molecular weight excluding hydrogens is 534 g/mol. The first kappa shape index (κ1) is 31.3. The number of aliphatic carboxylic acids is 1. The summed E-state index contributed by atoms with van der Waals surface area (Å²) in [4.78, 5) is 25.9. The standard InChI is InChI=1S/C31H36F2N2O6/c1-2-39-29(30(36)37)20-23-10-14-27(15-11-23)41-19-17-35(16-6-7-18-40-26-8-4-3-5-9-26)31(38)34-22-24-12-13-25(32)21-28(24)33/h3-5,8-15,21,29H,2,6-7,16-20,22H2,1H3,(H,34,38)(H,36,37). The molecule has 3 rings (SSSR count). The number of carboxylic acids is 1. The van der Waals surface area contributed by atoms with Crippen molar-refractivity contribution in [3.05, 3.63) is 95.6 Å². The highest BCUT2D eigenvalue weighted by Crippen LogP contribution is 2.15. The summed E-state index contributed by atoms with van der Waals surface area (Å²) >= 11 is 0. The number of rotatable bonds is 17. The summed E-state index contributed by atoms with van der Waals surface area (Å²) in [6, 6.07) is 19.3. The molecule has 0 aromatic heterocycles. The molecule has 2 N–H and O–H groups in total. The smallest absolute Gasteiger partial charge is 0.333 e. The number of carboxylic acid groups (broad SMARTS) is 1. The number of nitrogens with one attached hydrogen (secondary N) is 1. The topological polar surface area (TPSA) is 97.3 Å². The van der Waals surface area contributed by atoms with Crippen molar-refractivity contribution < 1.29 is 37.7 Å². The van der Waals surface area contributed by atoms with Gasteiger partial charge in [0.2, 0.25) is 0 Å². The van der Waals surface area contributed by atoms with Crippen LogP contribution >= 0.6 is 0 Å². The van der Waals surface area contributed by atoms with Gasteiger partial charge < -0.3 is 29.5 Å². The lowest BCUT2D eigenvalue weighted by Crippen LogP contribution is -2.42. The Kier molecular flexibility index (Phi) is 12.9. The molecule has 2 amide bonds. The number of halogens is 2. The number of amides is 2. The van der Waals surface area contributed by atoms with Crippen molar-refractivity contribution in [1.29, 1.82) is 0 Å². The van der Waals surface area contributed by atoms with Gasteiger partial charge in [0.1, 0.15) is 29.7 Å². The molecule has 0 spiro atoms. The fourth-order valence-corrected chi connectivity index (χ4v) is 4.00. The van der Waals surface area contributed by atoms with Gasteiger partial charge in [0.25, 0.3) is 0 Å². The number of urea groups is 1. The largest absolute Gasteiger partial charge is 0.494 e. The minimum absolute atomic E-state index is 0.0834. The molecule has 220 valence electrons. The Morgan fingerprint density at radius 2 is 1.61 bits per heavy atom. The quantitative estimate of drug-likeness (QED) is 0.210. The van der Waals surface area contributed by atoms with E-state index in [1.807, 2.05) is 30.3 Å². The van der Waals surface area contributed by atoms with Crippen molar-refractivity contribution in [2.24, 2.45) is 0 Å². The Morgan fingerprint density at radius 3 is 2.29 bits per heavy atom. The minimum atomic E-state index is -1.01. The van der Waals surface area contributed by atoms with Crippen molar-refractivity contribution >= 4 is 12.0 Å². The van der Waals surface area contributed by atoms with Crippen molar-refractivity contribution in [2.45, 2.75) is 38.8 Å². The molecule has 0 aliphatic carbocycles. The Morgan fingerprint density at radius 1 is 0.902 bits per heavy atom. The average molecular weight is 571 g/mol. The zero-order valence-corrected chi connectivity index (χ0v) is 23.1. The molecule has 3 aromatic carbocycles. The number of ether oxygens (including phenoxy) is 3. The van der Waals surface area contributed by atoms with Crippen LogP contribution in [0.4, 0.5) is 13.6 Å². The molecule has 1 atom stereocenters. The Bertz CT molecular complexity index is 1230. The Hall–Kier alpha value is -4.18. The van der Waals surface area contributed by atoms with Gasteiger partial charge in [-0.1, -0.05) is 36.4 Å². The zero-order chi connectivity index (χ0) is 29.5. The van der Waals surface area contributed by atoms with E-state index in [9.17, 15) is 23.5 Å². The molecular formula is C31H36F2N2O6. The number of para-hydroxylation sites is 1. The van der Waals surface area contributed by atoms with Crippen molar-refractivity contribution in [3.63, 3.8) is 0 Å². The van der Waals surface area contributed by atoms with Gasteiger partial charge in [-0.25, -0.2) is 18.4 Å². The molecule has 3 aromatic rings. The van der Waals surface area contributed by atoms with Crippen LogP contribution < -0.4 is 14.8 Å². The molecule has 0 radical (unpaired) electrons. The number of carbonyl (C=O) groups excluding carboxylic acids is 1. The van der Waals surface area contributed by atoms with E-state index in [1.54, 1.807) is 36.1 Å². The fraction of sp³-hybridized carbons (Fsp3) is 0.355. The molecule has 0 aliphatic rings. The van der Waals surface area contributed by atoms with Gasteiger partial charge in [0.15, 0.2) is 6.10 Å². The van der Waals surface area contributed by atoms with Gasteiger partial charge in [0, 0.05) is 37.7 Å². The predicted octanol–water partition coefficient (Wildman–Crippen LogP) is 5.45. The number of carbonyl (C=O) groups is 2. The second-order valence-electron chi connectivity index (χ2n) is 9.23. The van der Waals surface area contributed by atoms with E-state index in [0.29, 0.717) is 38.3 Å². The predicted molar refractivity (Wildman–Crippen MR) is 150 cm³/mol. The molecule has 0 saturated heterocycles. The summed E-state index contributed by atoms with van der Waals surface area (Å²) in [6.07, 6.45) is 0.706. The number of nitrogens with zero attached hydrogens (tertiary/aromatic N) is 1. The molecule has 0 heterocycles. The SMILES string of the molecule is CCOC(Cc1ccc(OCCN(CCCCOc2ccccc2)C(=O)NCc2ccc(F)cc2F)cc1)C(=O)O. The van der Waals surface area contributed by atoms with E-state index in [4.69, 9.17) is 14.2 Å². The highest BCUT2D eigenvalue weighted by atomic mass is 19.1. The van der Waals surface area contributed by atoms with Gasteiger partial charge in [-0.3, -0.25) is 0 Å². The van der Waals surface area contributed by atoms with Gasteiger partial charge in [-0.15, -0.1) is 0 Å². The fourth-order valence-electron chi connectivity index (χ4n) is 4.00. The molecule has 10 heteroatoms. The summed E-state index contributed by atoms with van der Waals surface area (Å²) in [5, 5.41) is 12.0. The molecule has 41 heavy (non-hydrogen) atoms. The number of benzene rings is 3. The normalized spacial score (nSPS) is 11.5.